The van der Waals surface area contributed by atoms with Crippen molar-refractivity contribution >= 4 is 5.97 Å². The highest BCUT2D eigenvalue weighted by atomic mass is 16.4. The molecule has 1 aromatic rings. The molecule has 1 aliphatic carbocycles. The van der Waals surface area contributed by atoms with Gasteiger partial charge in [0.05, 0.1) is 0 Å². The lowest BCUT2D eigenvalue weighted by molar-refractivity contribution is -0.150. The number of aromatic nitrogens is 3. The molecule has 1 aliphatic rings. The Morgan fingerprint density at radius 1 is 1.75 bits per heavy atom. The standard InChI is InChI=1S/C10H15N3O3/c1-7-3-2-4-10(5-7,8(14)15)13-6-11-12-9(13)16/h6-7H,2-5H2,1H3,(H,12,16)(H,14,15). The number of hydrogen-bond donors (Lipinski definition) is 2. The first kappa shape index (κ1) is 10.9. The summed E-state index contributed by atoms with van der Waals surface area (Å²) in [6.45, 7) is 2.02. The van der Waals surface area contributed by atoms with E-state index in [2.05, 4.69) is 10.2 Å². The third-order valence-electron chi connectivity index (χ3n) is 3.38. The molecule has 2 unspecified atom stereocenters. The number of nitrogens with one attached hydrogen (secondary N) is 1. The van der Waals surface area contributed by atoms with Crippen LogP contribution >= 0.6 is 0 Å². The molecule has 0 radical (unpaired) electrons. The molecule has 1 aromatic heterocycles. The molecule has 0 aromatic carbocycles. The van der Waals surface area contributed by atoms with Crippen LogP contribution in [0.3, 0.4) is 0 Å². The fourth-order valence-electron chi connectivity index (χ4n) is 2.59. The second-order valence-electron chi connectivity index (χ2n) is 4.57. The van der Waals surface area contributed by atoms with Crippen LogP contribution < -0.4 is 5.69 Å². The van der Waals surface area contributed by atoms with Crippen LogP contribution in [0.15, 0.2) is 11.1 Å². The molecule has 1 fully saturated rings. The van der Waals surface area contributed by atoms with Crippen LogP contribution in [-0.2, 0) is 10.3 Å². The van der Waals surface area contributed by atoms with E-state index in [1.165, 1.54) is 10.9 Å². The van der Waals surface area contributed by atoms with Crippen molar-refractivity contribution in [3.63, 3.8) is 0 Å². The maximum absolute atomic E-state index is 11.5. The van der Waals surface area contributed by atoms with Gasteiger partial charge in [-0.2, -0.15) is 5.10 Å². The van der Waals surface area contributed by atoms with Gasteiger partial charge in [-0.1, -0.05) is 19.8 Å². The van der Waals surface area contributed by atoms with Gasteiger partial charge in [0.2, 0.25) is 0 Å². The average molecular weight is 225 g/mol. The van der Waals surface area contributed by atoms with Crippen molar-refractivity contribution in [1.29, 1.82) is 0 Å². The van der Waals surface area contributed by atoms with E-state index < -0.39 is 17.2 Å². The van der Waals surface area contributed by atoms with Crippen LogP contribution in [0.2, 0.25) is 0 Å². The monoisotopic (exact) mass is 225 g/mol. The van der Waals surface area contributed by atoms with Crippen LogP contribution in [0.5, 0.6) is 0 Å². The first-order valence-electron chi connectivity index (χ1n) is 5.42. The Balaban J connectivity index is 2.47. The molecule has 88 valence electrons. The Hall–Kier alpha value is -1.59. The maximum Gasteiger partial charge on any atom is 0.344 e. The van der Waals surface area contributed by atoms with E-state index >= 15 is 0 Å². The van der Waals surface area contributed by atoms with Crippen molar-refractivity contribution in [3.8, 4) is 0 Å². The van der Waals surface area contributed by atoms with Crippen molar-refractivity contribution < 1.29 is 9.90 Å². The highest BCUT2D eigenvalue weighted by Crippen LogP contribution is 2.37. The normalized spacial score (nSPS) is 30.2. The van der Waals surface area contributed by atoms with Crippen LogP contribution in [-0.4, -0.2) is 25.8 Å². The highest BCUT2D eigenvalue weighted by molar-refractivity contribution is 5.76. The van der Waals surface area contributed by atoms with Crippen LogP contribution in [0.1, 0.15) is 32.6 Å². The number of rotatable bonds is 2. The molecular formula is C10H15N3O3. The van der Waals surface area contributed by atoms with Crippen molar-refractivity contribution in [2.75, 3.05) is 0 Å². The fourth-order valence-corrected chi connectivity index (χ4v) is 2.59. The molecule has 1 heterocycles. The molecule has 1 saturated carbocycles. The highest BCUT2D eigenvalue weighted by Gasteiger charge is 2.44. The van der Waals surface area contributed by atoms with Crippen LogP contribution in [0.4, 0.5) is 0 Å². The zero-order valence-electron chi connectivity index (χ0n) is 9.14. The molecule has 0 saturated heterocycles. The number of carboxylic acids is 1. The van der Waals surface area contributed by atoms with Gasteiger partial charge in [-0.15, -0.1) is 0 Å². The van der Waals surface area contributed by atoms with E-state index in [1.54, 1.807) is 0 Å². The number of aliphatic carboxylic acids is 1. The zero-order chi connectivity index (χ0) is 11.8. The van der Waals surface area contributed by atoms with Crippen LogP contribution in [0.25, 0.3) is 0 Å². The molecule has 0 spiro atoms. The zero-order valence-corrected chi connectivity index (χ0v) is 9.14. The van der Waals surface area contributed by atoms with Gasteiger partial charge in [-0.3, -0.25) is 4.57 Å². The Kier molecular flexibility index (Phi) is 2.57. The molecule has 2 N–H and O–H groups in total. The molecule has 2 atom stereocenters. The van der Waals surface area contributed by atoms with Gasteiger partial charge in [-0.05, 0) is 18.8 Å². The van der Waals surface area contributed by atoms with E-state index in [0.29, 0.717) is 18.8 Å². The number of carbonyl (C=O) groups is 1. The minimum Gasteiger partial charge on any atom is -0.479 e. The van der Waals surface area contributed by atoms with Gasteiger partial charge in [0.1, 0.15) is 11.9 Å². The van der Waals surface area contributed by atoms with Crippen molar-refractivity contribution in [2.45, 2.75) is 38.1 Å². The van der Waals surface area contributed by atoms with Gasteiger partial charge < -0.3 is 5.11 Å². The van der Waals surface area contributed by atoms with E-state index in [4.69, 9.17) is 0 Å². The summed E-state index contributed by atoms with van der Waals surface area (Å²) in [6.07, 6.45) is 4.11. The summed E-state index contributed by atoms with van der Waals surface area (Å²) in [7, 11) is 0. The average Bonchev–Trinajstić information content (AvgIpc) is 2.64. The van der Waals surface area contributed by atoms with Crippen molar-refractivity contribution in [3.05, 3.63) is 16.8 Å². The van der Waals surface area contributed by atoms with Crippen molar-refractivity contribution in [2.24, 2.45) is 5.92 Å². The molecule has 0 bridgehead atoms. The van der Waals surface area contributed by atoms with E-state index in [9.17, 15) is 14.7 Å². The molecule has 6 nitrogen and oxygen atoms in total. The second kappa shape index (κ2) is 3.77. The predicted octanol–water partition coefficient (Wildman–Crippen LogP) is 0.561. The number of hydrogen-bond acceptors (Lipinski definition) is 3. The Morgan fingerprint density at radius 2 is 2.50 bits per heavy atom. The molecule has 16 heavy (non-hydrogen) atoms. The molecule has 6 heteroatoms. The summed E-state index contributed by atoms with van der Waals surface area (Å²) in [5.74, 6) is -0.630. The Labute approximate surface area is 92.3 Å². The number of carboxylic acid groups (broad SMARTS) is 1. The van der Waals surface area contributed by atoms with Gasteiger partial charge in [-0.25, -0.2) is 14.7 Å². The third kappa shape index (κ3) is 1.54. The van der Waals surface area contributed by atoms with Crippen molar-refractivity contribution in [1.82, 2.24) is 14.8 Å². The quantitative estimate of drug-likeness (QED) is 0.769. The SMILES string of the molecule is CC1CCCC(C(=O)O)(n2cn[nH]c2=O)C1. The summed E-state index contributed by atoms with van der Waals surface area (Å²) in [4.78, 5) is 23.0. The Morgan fingerprint density at radius 3 is 3.00 bits per heavy atom. The smallest absolute Gasteiger partial charge is 0.344 e. The second-order valence-corrected chi connectivity index (χ2v) is 4.57. The molecule has 0 amide bonds. The minimum atomic E-state index is -1.11. The molecule has 0 aliphatic heterocycles. The fraction of sp³-hybridized carbons (Fsp3) is 0.700. The van der Waals surface area contributed by atoms with E-state index in [-0.39, 0.29) is 0 Å². The van der Waals surface area contributed by atoms with E-state index in [1.807, 2.05) is 6.92 Å². The summed E-state index contributed by atoms with van der Waals surface area (Å²) in [5.41, 5.74) is -1.56. The number of aromatic amines is 1. The van der Waals surface area contributed by atoms with Crippen LogP contribution in [0, 0.1) is 5.92 Å². The first-order valence-corrected chi connectivity index (χ1v) is 5.42. The maximum atomic E-state index is 11.5. The molecular weight excluding hydrogens is 210 g/mol. The summed E-state index contributed by atoms with van der Waals surface area (Å²) >= 11 is 0. The minimum absolute atomic E-state index is 0.312. The molecule has 2 rings (SSSR count). The van der Waals surface area contributed by atoms with E-state index in [0.717, 1.165) is 12.8 Å². The number of H-pyrrole nitrogens is 1. The first-order chi connectivity index (χ1) is 7.56. The van der Waals surface area contributed by atoms with Gasteiger partial charge >= 0.3 is 11.7 Å². The third-order valence-corrected chi connectivity index (χ3v) is 3.38. The van der Waals surface area contributed by atoms with Gasteiger partial charge in [0.25, 0.3) is 0 Å². The summed E-state index contributed by atoms with van der Waals surface area (Å²) in [6, 6.07) is 0. The summed E-state index contributed by atoms with van der Waals surface area (Å²) in [5, 5.41) is 15.3. The predicted molar refractivity (Wildman–Crippen MR) is 56.1 cm³/mol. The lowest BCUT2D eigenvalue weighted by Gasteiger charge is -2.36. The Bertz CT molecular complexity index is 450. The van der Waals surface area contributed by atoms with Gasteiger partial charge in [0, 0.05) is 0 Å². The number of nitrogens with zero attached hydrogens (tertiary/aromatic N) is 2. The summed E-state index contributed by atoms with van der Waals surface area (Å²) < 4.78 is 1.23. The largest absolute Gasteiger partial charge is 0.479 e. The lowest BCUT2D eigenvalue weighted by Crippen LogP contribution is -2.49. The van der Waals surface area contributed by atoms with Gasteiger partial charge in [0.15, 0.2) is 0 Å². The lowest BCUT2D eigenvalue weighted by atomic mass is 9.76. The topological polar surface area (TPSA) is 88.0 Å².